The van der Waals surface area contributed by atoms with Gasteiger partial charge in [-0.05, 0) is 61.1 Å². The molecule has 2 amide bonds. The lowest BCUT2D eigenvalue weighted by molar-refractivity contribution is -0.140. The summed E-state index contributed by atoms with van der Waals surface area (Å²) in [5, 5.41) is 1.35. The Balaban J connectivity index is 1.49. The van der Waals surface area contributed by atoms with Crippen LogP contribution in [0.1, 0.15) is 36.8 Å². The smallest absolute Gasteiger partial charge is 0.225 e. The second-order valence-corrected chi connectivity index (χ2v) is 9.07. The Morgan fingerprint density at radius 3 is 1.47 bits per heavy atom. The van der Waals surface area contributed by atoms with Crippen LogP contribution < -0.4 is 0 Å². The highest BCUT2D eigenvalue weighted by Gasteiger charge is 2.32. The van der Waals surface area contributed by atoms with Crippen molar-refractivity contribution in [1.82, 2.24) is 9.80 Å². The van der Waals surface area contributed by atoms with E-state index >= 15 is 0 Å². The fraction of sp³-hybridized carbons (Fsp3) is 0.417. The molecule has 0 heterocycles. The highest BCUT2D eigenvalue weighted by atomic mass is 35.5. The van der Waals surface area contributed by atoms with E-state index in [0.29, 0.717) is 23.1 Å². The number of halogens is 2. The van der Waals surface area contributed by atoms with Crippen LogP contribution in [0.4, 0.5) is 0 Å². The van der Waals surface area contributed by atoms with Crippen molar-refractivity contribution in [1.29, 1.82) is 0 Å². The first-order valence-electron chi connectivity index (χ1n) is 10.3. The first-order valence-corrected chi connectivity index (χ1v) is 11.1. The van der Waals surface area contributed by atoms with Crippen molar-refractivity contribution < 1.29 is 9.59 Å². The van der Waals surface area contributed by atoms with Crippen LogP contribution in [0.15, 0.2) is 48.5 Å². The van der Waals surface area contributed by atoms with Gasteiger partial charge in [-0.1, -0.05) is 47.5 Å². The summed E-state index contributed by atoms with van der Waals surface area (Å²) in [6.07, 6.45) is 3.00. The van der Waals surface area contributed by atoms with Gasteiger partial charge in [-0.25, -0.2) is 0 Å². The maximum atomic E-state index is 12.9. The van der Waals surface area contributed by atoms with E-state index in [2.05, 4.69) is 0 Å². The lowest BCUT2D eigenvalue weighted by Gasteiger charge is -2.32. The highest BCUT2D eigenvalue weighted by molar-refractivity contribution is 6.30. The van der Waals surface area contributed by atoms with Gasteiger partial charge in [-0.15, -0.1) is 0 Å². The predicted molar refractivity (Wildman–Crippen MR) is 121 cm³/mol. The van der Waals surface area contributed by atoms with E-state index in [9.17, 15) is 9.59 Å². The molecule has 0 spiro atoms. The van der Waals surface area contributed by atoms with E-state index in [1.807, 2.05) is 62.6 Å². The van der Waals surface area contributed by atoms with Gasteiger partial charge >= 0.3 is 0 Å². The highest BCUT2D eigenvalue weighted by Crippen LogP contribution is 2.31. The molecule has 3 rings (SSSR count). The monoisotopic (exact) mass is 446 g/mol. The zero-order valence-electron chi connectivity index (χ0n) is 17.5. The van der Waals surface area contributed by atoms with E-state index in [1.54, 1.807) is 9.80 Å². The van der Waals surface area contributed by atoms with Crippen molar-refractivity contribution in [2.75, 3.05) is 14.1 Å². The minimum absolute atomic E-state index is 0.0172. The maximum absolute atomic E-state index is 12.9. The Labute approximate surface area is 188 Å². The number of carbonyl (C=O) groups excluding carboxylic acids is 2. The van der Waals surface area contributed by atoms with Gasteiger partial charge < -0.3 is 9.80 Å². The van der Waals surface area contributed by atoms with Crippen LogP contribution in [0.2, 0.25) is 10.0 Å². The molecule has 0 aliphatic heterocycles. The Morgan fingerprint density at radius 2 is 1.13 bits per heavy atom. The number of hydrogen-bond acceptors (Lipinski definition) is 2. The van der Waals surface area contributed by atoms with E-state index in [1.165, 1.54) is 0 Å². The molecule has 160 valence electrons. The molecule has 4 nitrogen and oxygen atoms in total. The number of rotatable bonds is 6. The normalized spacial score (nSPS) is 18.7. The minimum Gasteiger partial charge on any atom is -0.341 e. The second kappa shape index (κ2) is 10.3. The maximum Gasteiger partial charge on any atom is 0.225 e. The lowest BCUT2D eigenvalue weighted by atomic mass is 9.80. The molecule has 0 saturated heterocycles. The van der Waals surface area contributed by atoms with Gasteiger partial charge in [0.2, 0.25) is 11.8 Å². The third-order valence-corrected chi connectivity index (χ3v) is 6.27. The average Bonchev–Trinajstić information content (AvgIpc) is 2.73. The summed E-state index contributed by atoms with van der Waals surface area (Å²) < 4.78 is 0. The van der Waals surface area contributed by atoms with Crippen molar-refractivity contribution in [2.45, 2.75) is 38.8 Å². The summed E-state index contributed by atoms with van der Waals surface area (Å²) in [6, 6.07) is 15.2. The fourth-order valence-electron chi connectivity index (χ4n) is 4.18. The molecule has 0 bridgehead atoms. The van der Waals surface area contributed by atoms with E-state index < -0.39 is 0 Å². The Hall–Kier alpha value is -2.04. The standard InChI is InChI=1S/C24H28Cl2N2O2/c1-27(15-17-5-3-7-21(25)13-17)23(29)19-9-11-20(12-10-19)24(30)28(2)16-18-6-4-8-22(26)14-18/h3-8,13-14,19-20H,9-12,15-16H2,1-2H3. The number of carbonyl (C=O) groups is 2. The molecule has 1 fully saturated rings. The fourth-order valence-corrected chi connectivity index (χ4v) is 4.61. The van der Waals surface area contributed by atoms with Crippen molar-refractivity contribution in [2.24, 2.45) is 11.8 Å². The topological polar surface area (TPSA) is 40.6 Å². The molecule has 1 aliphatic rings. The Morgan fingerprint density at radius 1 is 0.767 bits per heavy atom. The SMILES string of the molecule is CN(Cc1cccc(Cl)c1)C(=O)C1CCC(C(=O)N(C)Cc2cccc(Cl)c2)CC1. The van der Waals surface area contributed by atoms with Crippen molar-refractivity contribution in [3.05, 3.63) is 69.7 Å². The van der Waals surface area contributed by atoms with Gasteiger partial charge in [-0.3, -0.25) is 9.59 Å². The molecule has 0 unspecified atom stereocenters. The van der Waals surface area contributed by atoms with Gasteiger partial charge in [0, 0.05) is 49.1 Å². The number of benzene rings is 2. The molecule has 0 N–H and O–H groups in total. The quantitative estimate of drug-likeness (QED) is 0.594. The molecule has 1 aliphatic carbocycles. The van der Waals surface area contributed by atoms with Gasteiger partial charge in [0.05, 0.1) is 0 Å². The van der Waals surface area contributed by atoms with E-state index in [-0.39, 0.29) is 23.7 Å². The summed E-state index contributed by atoms with van der Waals surface area (Å²) in [6.45, 7) is 1.08. The van der Waals surface area contributed by atoms with Crippen LogP contribution in [-0.4, -0.2) is 35.7 Å². The predicted octanol–water partition coefficient (Wildman–Crippen LogP) is 5.42. The molecule has 1 saturated carbocycles. The summed E-state index contributed by atoms with van der Waals surface area (Å²) in [7, 11) is 3.67. The van der Waals surface area contributed by atoms with Crippen LogP contribution in [0.5, 0.6) is 0 Å². The molecule has 0 aromatic heterocycles. The Kier molecular flexibility index (Phi) is 7.79. The first-order chi connectivity index (χ1) is 14.3. The van der Waals surface area contributed by atoms with Crippen LogP contribution in [0.3, 0.4) is 0 Å². The number of amides is 2. The molecular weight excluding hydrogens is 419 g/mol. The second-order valence-electron chi connectivity index (χ2n) is 8.20. The molecule has 2 aromatic rings. The van der Waals surface area contributed by atoms with Crippen molar-refractivity contribution in [3.63, 3.8) is 0 Å². The Bertz CT molecular complexity index is 821. The van der Waals surface area contributed by atoms with Gasteiger partial charge in [0.25, 0.3) is 0 Å². The molecule has 2 aromatic carbocycles. The van der Waals surface area contributed by atoms with Crippen LogP contribution in [-0.2, 0) is 22.7 Å². The summed E-state index contributed by atoms with van der Waals surface area (Å²) in [4.78, 5) is 29.2. The van der Waals surface area contributed by atoms with Gasteiger partial charge in [-0.2, -0.15) is 0 Å². The molecule has 30 heavy (non-hydrogen) atoms. The first kappa shape index (κ1) is 22.6. The third kappa shape index (κ3) is 5.99. The minimum atomic E-state index is -0.0172. The van der Waals surface area contributed by atoms with Gasteiger partial charge in [0.1, 0.15) is 0 Å². The van der Waals surface area contributed by atoms with E-state index in [0.717, 1.165) is 36.8 Å². The molecular formula is C24H28Cl2N2O2. The van der Waals surface area contributed by atoms with E-state index in [4.69, 9.17) is 23.2 Å². The number of hydrogen-bond donors (Lipinski definition) is 0. The molecule has 0 atom stereocenters. The molecule has 0 radical (unpaired) electrons. The van der Waals surface area contributed by atoms with Crippen LogP contribution in [0, 0.1) is 11.8 Å². The third-order valence-electron chi connectivity index (χ3n) is 5.80. The number of nitrogens with zero attached hydrogens (tertiary/aromatic N) is 2. The summed E-state index contributed by atoms with van der Waals surface area (Å²) in [5.74, 6) is 0.259. The molecule has 6 heteroatoms. The van der Waals surface area contributed by atoms with Crippen LogP contribution >= 0.6 is 23.2 Å². The zero-order valence-corrected chi connectivity index (χ0v) is 19.0. The largest absolute Gasteiger partial charge is 0.341 e. The summed E-state index contributed by atoms with van der Waals surface area (Å²) in [5.41, 5.74) is 2.04. The summed E-state index contributed by atoms with van der Waals surface area (Å²) >= 11 is 12.1. The zero-order chi connectivity index (χ0) is 21.7. The lowest BCUT2D eigenvalue weighted by Crippen LogP contribution is -2.38. The van der Waals surface area contributed by atoms with Crippen molar-refractivity contribution >= 4 is 35.0 Å². The van der Waals surface area contributed by atoms with Crippen LogP contribution in [0.25, 0.3) is 0 Å². The average molecular weight is 447 g/mol. The van der Waals surface area contributed by atoms with Crippen molar-refractivity contribution in [3.8, 4) is 0 Å². The van der Waals surface area contributed by atoms with Gasteiger partial charge in [0.15, 0.2) is 0 Å².